The van der Waals surface area contributed by atoms with Gasteiger partial charge in [0.15, 0.2) is 0 Å². The molecule has 0 amide bonds. The van der Waals surface area contributed by atoms with Crippen molar-refractivity contribution in [1.82, 2.24) is 15.0 Å². The lowest BCUT2D eigenvalue weighted by molar-refractivity contribution is 0.222. The first-order valence-electron chi connectivity index (χ1n) is 6.13. The van der Waals surface area contributed by atoms with Crippen LogP contribution >= 0.6 is 15.9 Å². The third kappa shape index (κ3) is 4.03. The second-order valence-corrected chi connectivity index (χ2v) is 5.31. The SMILES string of the molecule is CC(C)Oc1nc(N)nc(Nc2ccc(Br)cc2C#N)n1. The average molecular weight is 349 g/mol. The second-order valence-electron chi connectivity index (χ2n) is 4.39. The van der Waals surface area contributed by atoms with Crippen molar-refractivity contribution in [3.8, 4) is 12.1 Å². The molecular formula is C13H13BrN6O. The lowest BCUT2D eigenvalue weighted by Gasteiger charge is -2.11. The molecule has 21 heavy (non-hydrogen) atoms. The van der Waals surface area contributed by atoms with Crippen LogP contribution in [-0.2, 0) is 0 Å². The molecule has 0 atom stereocenters. The molecule has 2 rings (SSSR count). The fourth-order valence-electron chi connectivity index (χ4n) is 1.53. The number of nitrogens with two attached hydrogens (primary N) is 1. The van der Waals surface area contributed by atoms with Crippen LogP contribution < -0.4 is 15.8 Å². The molecule has 0 spiro atoms. The molecule has 0 aliphatic heterocycles. The zero-order chi connectivity index (χ0) is 15.4. The van der Waals surface area contributed by atoms with E-state index < -0.39 is 0 Å². The number of hydrogen-bond donors (Lipinski definition) is 2. The minimum atomic E-state index is -0.0815. The van der Waals surface area contributed by atoms with E-state index >= 15 is 0 Å². The third-order valence-corrected chi connectivity index (χ3v) is 2.82. The Kier molecular flexibility index (Phi) is 4.55. The first-order valence-corrected chi connectivity index (χ1v) is 6.92. The fraction of sp³-hybridized carbons (Fsp3) is 0.231. The highest BCUT2D eigenvalue weighted by Crippen LogP contribution is 2.23. The Morgan fingerprint density at radius 1 is 1.33 bits per heavy atom. The lowest BCUT2D eigenvalue weighted by Crippen LogP contribution is -2.12. The minimum Gasteiger partial charge on any atom is -0.461 e. The highest BCUT2D eigenvalue weighted by atomic mass is 79.9. The number of rotatable bonds is 4. The van der Waals surface area contributed by atoms with Gasteiger partial charge in [0.25, 0.3) is 0 Å². The van der Waals surface area contributed by atoms with E-state index in [0.717, 1.165) is 4.47 Å². The zero-order valence-corrected chi connectivity index (χ0v) is 13.0. The number of halogens is 1. The van der Waals surface area contributed by atoms with Crippen molar-refractivity contribution in [1.29, 1.82) is 5.26 Å². The number of nitrogens with one attached hydrogen (secondary N) is 1. The normalized spacial score (nSPS) is 10.2. The first kappa shape index (κ1) is 15.0. The Balaban J connectivity index is 2.31. The van der Waals surface area contributed by atoms with Gasteiger partial charge in [0.1, 0.15) is 6.07 Å². The lowest BCUT2D eigenvalue weighted by atomic mass is 10.2. The van der Waals surface area contributed by atoms with E-state index in [1.165, 1.54) is 0 Å². The molecule has 0 saturated heterocycles. The minimum absolute atomic E-state index is 0.0405. The van der Waals surface area contributed by atoms with Crippen LogP contribution in [0.25, 0.3) is 0 Å². The summed E-state index contributed by atoms with van der Waals surface area (Å²) in [6.07, 6.45) is -0.0815. The van der Waals surface area contributed by atoms with Gasteiger partial charge in [-0.15, -0.1) is 0 Å². The van der Waals surface area contributed by atoms with Crippen LogP contribution in [0.15, 0.2) is 22.7 Å². The van der Waals surface area contributed by atoms with E-state index in [-0.39, 0.29) is 24.0 Å². The molecule has 0 saturated carbocycles. The van der Waals surface area contributed by atoms with Gasteiger partial charge < -0.3 is 15.8 Å². The molecule has 0 aliphatic rings. The molecule has 7 nitrogen and oxygen atoms in total. The predicted molar refractivity (Wildman–Crippen MR) is 82.1 cm³/mol. The number of nitriles is 1. The summed E-state index contributed by atoms with van der Waals surface area (Å²) >= 11 is 3.31. The number of benzene rings is 1. The number of hydrogen-bond acceptors (Lipinski definition) is 7. The molecule has 3 N–H and O–H groups in total. The topological polar surface area (TPSA) is 110 Å². The van der Waals surface area contributed by atoms with Crippen LogP contribution in [0.4, 0.5) is 17.6 Å². The van der Waals surface area contributed by atoms with E-state index in [1.54, 1.807) is 18.2 Å². The molecule has 0 unspecified atom stereocenters. The number of anilines is 3. The molecule has 0 fully saturated rings. The maximum Gasteiger partial charge on any atom is 0.323 e. The van der Waals surface area contributed by atoms with Gasteiger partial charge >= 0.3 is 6.01 Å². The molecule has 0 bridgehead atoms. The summed E-state index contributed by atoms with van der Waals surface area (Å²) in [6.45, 7) is 3.71. The Morgan fingerprint density at radius 2 is 2.10 bits per heavy atom. The van der Waals surface area contributed by atoms with Gasteiger partial charge in [-0.05, 0) is 32.0 Å². The van der Waals surface area contributed by atoms with Crippen LogP contribution in [0.2, 0.25) is 0 Å². The number of nitrogens with zero attached hydrogens (tertiary/aromatic N) is 4. The van der Waals surface area contributed by atoms with Gasteiger partial charge in [0, 0.05) is 4.47 Å². The van der Waals surface area contributed by atoms with E-state index in [2.05, 4.69) is 42.3 Å². The van der Waals surface area contributed by atoms with Crippen LogP contribution in [0.3, 0.4) is 0 Å². The van der Waals surface area contributed by atoms with Crippen molar-refractivity contribution in [2.24, 2.45) is 0 Å². The van der Waals surface area contributed by atoms with Gasteiger partial charge in [-0.2, -0.15) is 20.2 Å². The molecule has 1 heterocycles. The van der Waals surface area contributed by atoms with Crippen molar-refractivity contribution < 1.29 is 4.74 Å². The zero-order valence-electron chi connectivity index (χ0n) is 11.5. The maximum atomic E-state index is 9.14. The Hall–Kier alpha value is -2.40. The molecule has 0 aliphatic carbocycles. The molecule has 0 radical (unpaired) electrons. The van der Waals surface area contributed by atoms with E-state index in [4.69, 9.17) is 15.7 Å². The predicted octanol–water partition coefficient (Wildman–Crippen LogP) is 2.62. The van der Waals surface area contributed by atoms with Crippen LogP contribution in [-0.4, -0.2) is 21.1 Å². The first-order chi connectivity index (χ1) is 9.97. The summed E-state index contributed by atoms with van der Waals surface area (Å²) in [5.74, 6) is 0.260. The van der Waals surface area contributed by atoms with Gasteiger partial charge in [0.05, 0.1) is 17.4 Å². The van der Waals surface area contributed by atoms with E-state index in [1.807, 2.05) is 13.8 Å². The summed E-state index contributed by atoms with van der Waals surface area (Å²) in [4.78, 5) is 12.0. The second kappa shape index (κ2) is 6.37. The number of aromatic nitrogens is 3. The van der Waals surface area contributed by atoms with Gasteiger partial charge in [-0.3, -0.25) is 0 Å². The summed E-state index contributed by atoms with van der Waals surface area (Å²) in [5.41, 5.74) is 6.65. The van der Waals surface area contributed by atoms with Gasteiger partial charge in [0.2, 0.25) is 11.9 Å². The summed E-state index contributed by atoms with van der Waals surface area (Å²) in [6, 6.07) is 7.47. The van der Waals surface area contributed by atoms with Crippen molar-refractivity contribution in [2.45, 2.75) is 20.0 Å². The Labute approximate surface area is 130 Å². The largest absolute Gasteiger partial charge is 0.461 e. The number of nitrogen functional groups attached to an aromatic ring is 1. The Morgan fingerprint density at radius 3 is 2.76 bits per heavy atom. The molecule has 2 aromatic rings. The van der Waals surface area contributed by atoms with Crippen LogP contribution in [0.1, 0.15) is 19.4 Å². The monoisotopic (exact) mass is 348 g/mol. The van der Waals surface area contributed by atoms with Crippen molar-refractivity contribution >= 4 is 33.5 Å². The smallest absolute Gasteiger partial charge is 0.323 e. The Bertz CT molecular complexity index is 698. The summed E-state index contributed by atoms with van der Waals surface area (Å²) < 4.78 is 6.20. The van der Waals surface area contributed by atoms with Crippen molar-refractivity contribution in [3.05, 3.63) is 28.2 Å². The van der Waals surface area contributed by atoms with Gasteiger partial charge in [-0.25, -0.2) is 0 Å². The quantitative estimate of drug-likeness (QED) is 0.873. The van der Waals surface area contributed by atoms with Crippen LogP contribution in [0.5, 0.6) is 6.01 Å². The van der Waals surface area contributed by atoms with Gasteiger partial charge in [-0.1, -0.05) is 15.9 Å². The fourth-order valence-corrected chi connectivity index (χ4v) is 1.89. The van der Waals surface area contributed by atoms with Crippen LogP contribution in [0, 0.1) is 11.3 Å². The third-order valence-electron chi connectivity index (χ3n) is 2.32. The van der Waals surface area contributed by atoms with Crippen molar-refractivity contribution in [3.63, 3.8) is 0 Å². The standard InChI is InChI=1S/C13H13BrN6O/c1-7(2)21-13-19-11(16)18-12(20-13)17-10-4-3-9(14)5-8(10)6-15/h3-5,7H,1-2H3,(H3,16,17,18,19,20). The summed E-state index contributed by atoms with van der Waals surface area (Å²) in [7, 11) is 0. The highest BCUT2D eigenvalue weighted by molar-refractivity contribution is 9.10. The number of ether oxygens (including phenoxy) is 1. The molecule has 1 aromatic carbocycles. The highest BCUT2D eigenvalue weighted by Gasteiger charge is 2.09. The molecular weight excluding hydrogens is 336 g/mol. The summed E-state index contributed by atoms with van der Waals surface area (Å²) in [5, 5.41) is 12.1. The average Bonchev–Trinajstić information content (AvgIpc) is 2.39. The van der Waals surface area contributed by atoms with E-state index in [0.29, 0.717) is 11.3 Å². The molecule has 108 valence electrons. The van der Waals surface area contributed by atoms with Crippen molar-refractivity contribution in [2.75, 3.05) is 11.1 Å². The molecule has 8 heteroatoms. The van der Waals surface area contributed by atoms with E-state index in [9.17, 15) is 0 Å². The molecule has 1 aromatic heterocycles. The maximum absolute atomic E-state index is 9.14.